The number of carbonyl (C=O) groups excluding carboxylic acids is 1. The second kappa shape index (κ2) is 8.86. The molecule has 2 aromatic carbocycles. The summed E-state index contributed by atoms with van der Waals surface area (Å²) in [7, 11) is 0. The summed E-state index contributed by atoms with van der Waals surface area (Å²) in [5, 5.41) is 2.97. The molecule has 3 heterocycles. The van der Waals surface area contributed by atoms with Crippen molar-refractivity contribution in [3.05, 3.63) is 84.1 Å². The Morgan fingerprint density at radius 1 is 1.09 bits per heavy atom. The van der Waals surface area contributed by atoms with Gasteiger partial charge in [0.2, 0.25) is 11.9 Å². The van der Waals surface area contributed by atoms with E-state index < -0.39 is 0 Å². The van der Waals surface area contributed by atoms with Gasteiger partial charge in [-0.15, -0.1) is 0 Å². The molecule has 7 heteroatoms. The Labute approximate surface area is 185 Å². The fourth-order valence-corrected chi connectivity index (χ4v) is 4.35. The molecule has 1 aliphatic heterocycles. The van der Waals surface area contributed by atoms with Gasteiger partial charge in [0.25, 0.3) is 0 Å². The van der Waals surface area contributed by atoms with Crippen LogP contribution in [0.5, 0.6) is 0 Å². The number of furan rings is 1. The number of piperidine rings is 1. The molecule has 0 atom stereocenters. The Bertz CT molecular complexity index is 1210. The number of benzene rings is 2. The average molecular weight is 432 g/mol. The Kier molecular flexibility index (Phi) is 5.62. The van der Waals surface area contributed by atoms with Gasteiger partial charge in [0.1, 0.15) is 11.6 Å². The van der Waals surface area contributed by atoms with Crippen molar-refractivity contribution < 1.29 is 13.6 Å². The van der Waals surface area contributed by atoms with Crippen molar-refractivity contribution in [1.29, 1.82) is 0 Å². The molecular weight excluding hydrogens is 407 g/mol. The molecule has 0 unspecified atom stereocenters. The zero-order chi connectivity index (χ0) is 21.9. The number of aromatic nitrogens is 2. The van der Waals surface area contributed by atoms with Crippen molar-refractivity contribution in [2.24, 2.45) is 5.92 Å². The van der Waals surface area contributed by atoms with Crippen LogP contribution in [0.2, 0.25) is 0 Å². The van der Waals surface area contributed by atoms with Crippen LogP contribution in [0.1, 0.15) is 24.2 Å². The highest BCUT2D eigenvalue weighted by Crippen LogP contribution is 2.28. The van der Waals surface area contributed by atoms with E-state index in [0.29, 0.717) is 13.1 Å². The maximum absolute atomic E-state index is 13.8. The van der Waals surface area contributed by atoms with E-state index in [1.165, 1.54) is 6.07 Å². The zero-order valence-corrected chi connectivity index (χ0v) is 17.7. The number of fused-ring (bicyclic) bond motifs is 1. The first-order valence-corrected chi connectivity index (χ1v) is 10.9. The normalized spacial score (nSPS) is 14.7. The molecule has 0 spiro atoms. The maximum Gasteiger partial charge on any atom is 0.223 e. The van der Waals surface area contributed by atoms with Crippen LogP contribution < -0.4 is 10.2 Å². The smallest absolute Gasteiger partial charge is 0.223 e. The number of anilines is 1. The van der Waals surface area contributed by atoms with Crippen LogP contribution in [-0.2, 0) is 17.9 Å². The fraction of sp³-hybridized carbons (Fsp3) is 0.280. The summed E-state index contributed by atoms with van der Waals surface area (Å²) in [6.45, 7) is 2.43. The molecule has 6 nitrogen and oxygen atoms in total. The molecule has 1 amide bonds. The third-order valence-electron chi connectivity index (χ3n) is 6.03. The first kappa shape index (κ1) is 20.3. The van der Waals surface area contributed by atoms with Crippen LogP contribution in [-0.4, -0.2) is 28.5 Å². The molecule has 0 aliphatic carbocycles. The monoisotopic (exact) mass is 432 g/mol. The van der Waals surface area contributed by atoms with E-state index in [9.17, 15) is 9.18 Å². The van der Waals surface area contributed by atoms with Gasteiger partial charge in [0, 0.05) is 19.0 Å². The summed E-state index contributed by atoms with van der Waals surface area (Å²) >= 11 is 0. The van der Waals surface area contributed by atoms with Crippen LogP contribution >= 0.6 is 0 Å². The summed E-state index contributed by atoms with van der Waals surface area (Å²) in [4.78, 5) is 19.7. The molecule has 1 saturated heterocycles. The number of nitrogens with zero attached hydrogens (tertiary/aromatic N) is 3. The van der Waals surface area contributed by atoms with Gasteiger partial charge in [-0.2, -0.15) is 0 Å². The van der Waals surface area contributed by atoms with E-state index in [0.717, 1.165) is 54.2 Å². The van der Waals surface area contributed by atoms with Crippen LogP contribution in [0, 0.1) is 11.7 Å². The lowest BCUT2D eigenvalue weighted by Crippen LogP contribution is -2.41. The minimum Gasteiger partial charge on any atom is -0.467 e. The van der Waals surface area contributed by atoms with E-state index in [1.807, 2.05) is 42.5 Å². The van der Waals surface area contributed by atoms with Gasteiger partial charge in [-0.1, -0.05) is 24.3 Å². The van der Waals surface area contributed by atoms with Crippen LogP contribution in [0.3, 0.4) is 0 Å². The van der Waals surface area contributed by atoms with Crippen LogP contribution in [0.25, 0.3) is 11.0 Å². The molecule has 1 fully saturated rings. The van der Waals surface area contributed by atoms with E-state index in [-0.39, 0.29) is 17.6 Å². The third-order valence-corrected chi connectivity index (χ3v) is 6.03. The van der Waals surface area contributed by atoms with Crippen molar-refractivity contribution >= 4 is 22.9 Å². The molecule has 2 aromatic heterocycles. The van der Waals surface area contributed by atoms with E-state index in [2.05, 4.69) is 14.8 Å². The second-order valence-electron chi connectivity index (χ2n) is 8.18. The predicted molar refractivity (Wildman–Crippen MR) is 121 cm³/mol. The minimum absolute atomic E-state index is 0.0257. The fourth-order valence-electron chi connectivity index (χ4n) is 4.35. The Hall–Kier alpha value is -3.61. The summed E-state index contributed by atoms with van der Waals surface area (Å²) in [6, 6.07) is 18.4. The summed E-state index contributed by atoms with van der Waals surface area (Å²) < 4.78 is 21.2. The Morgan fingerprint density at radius 3 is 2.72 bits per heavy atom. The molecule has 0 radical (unpaired) electrons. The molecule has 1 aliphatic rings. The number of para-hydroxylation sites is 2. The topological polar surface area (TPSA) is 63.3 Å². The van der Waals surface area contributed by atoms with Crippen molar-refractivity contribution in [1.82, 2.24) is 14.9 Å². The van der Waals surface area contributed by atoms with Crippen LogP contribution in [0.15, 0.2) is 71.3 Å². The maximum atomic E-state index is 13.8. The predicted octanol–water partition coefficient (Wildman–Crippen LogP) is 4.35. The Balaban J connectivity index is 1.31. The SMILES string of the molecule is O=C(NCc1ccco1)C1CCN(c2nc3ccccc3n2Cc2cccc(F)c2)CC1. The van der Waals surface area contributed by atoms with E-state index in [1.54, 1.807) is 18.4 Å². The molecule has 5 rings (SSSR count). The third kappa shape index (κ3) is 4.23. The summed E-state index contributed by atoms with van der Waals surface area (Å²) in [6.07, 6.45) is 3.12. The number of hydrogen-bond acceptors (Lipinski definition) is 4. The standard InChI is InChI=1S/C25H25FN4O2/c26-20-6-3-5-18(15-20)17-30-23-9-2-1-8-22(23)28-25(30)29-12-10-19(11-13-29)24(31)27-16-21-7-4-14-32-21/h1-9,14-15,19H,10-13,16-17H2,(H,27,31). The van der Waals surface area contributed by atoms with Crippen molar-refractivity contribution in [2.75, 3.05) is 18.0 Å². The number of halogens is 1. The van der Waals surface area contributed by atoms with Gasteiger partial charge in [-0.3, -0.25) is 4.79 Å². The lowest BCUT2D eigenvalue weighted by Gasteiger charge is -2.32. The average Bonchev–Trinajstić information content (AvgIpc) is 3.46. The summed E-state index contributed by atoms with van der Waals surface area (Å²) in [5.41, 5.74) is 2.82. The van der Waals surface area contributed by atoms with Crippen molar-refractivity contribution in [2.45, 2.75) is 25.9 Å². The zero-order valence-electron chi connectivity index (χ0n) is 17.7. The summed E-state index contributed by atoms with van der Waals surface area (Å²) in [5.74, 6) is 1.41. The largest absolute Gasteiger partial charge is 0.467 e. The molecule has 1 N–H and O–H groups in total. The number of carbonyl (C=O) groups is 1. The van der Waals surface area contributed by atoms with Gasteiger partial charge in [0.15, 0.2) is 0 Å². The second-order valence-corrected chi connectivity index (χ2v) is 8.18. The highest BCUT2D eigenvalue weighted by Gasteiger charge is 2.27. The Morgan fingerprint density at radius 2 is 1.94 bits per heavy atom. The molecule has 0 saturated carbocycles. The highest BCUT2D eigenvalue weighted by atomic mass is 19.1. The molecule has 32 heavy (non-hydrogen) atoms. The van der Waals surface area contributed by atoms with Gasteiger partial charge in [-0.05, 0) is 54.8 Å². The molecule has 164 valence electrons. The van der Waals surface area contributed by atoms with Crippen LogP contribution in [0.4, 0.5) is 10.3 Å². The van der Waals surface area contributed by atoms with Gasteiger partial charge in [0.05, 0.1) is 30.4 Å². The molecule has 0 bridgehead atoms. The minimum atomic E-state index is -0.241. The van der Waals surface area contributed by atoms with Gasteiger partial charge >= 0.3 is 0 Å². The van der Waals surface area contributed by atoms with Crippen molar-refractivity contribution in [3.8, 4) is 0 Å². The number of hydrogen-bond donors (Lipinski definition) is 1. The first-order chi connectivity index (χ1) is 15.7. The lowest BCUT2D eigenvalue weighted by atomic mass is 9.96. The molecule has 4 aromatic rings. The first-order valence-electron chi connectivity index (χ1n) is 10.9. The van der Waals surface area contributed by atoms with Crippen molar-refractivity contribution in [3.63, 3.8) is 0 Å². The number of amides is 1. The van der Waals surface area contributed by atoms with E-state index >= 15 is 0 Å². The number of imidazole rings is 1. The highest BCUT2D eigenvalue weighted by molar-refractivity contribution is 5.80. The number of nitrogens with one attached hydrogen (secondary N) is 1. The van der Waals surface area contributed by atoms with E-state index in [4.69, 9.17) is 9.40 Å². The number of rotatable bonds is 6. The molecular formula is C25H25FN4O2. The lowest BCUT2D eigenvalue weighted by molar-refractivity contribution is -0.125. The quantitative estimate of drug-likeness (QED) is 0.492. The van der Waals surface area contributed by atoms with Gasteiger partial charge in [-0.25, -0.2) is 9.37 Å². The van der Waals surface area contributed by atoms with Gasteiger partial charge < -0.3 is 19.2 Å².